The summed E-state index contributed by atoms with van der Waals surface area (Å²) in [5, 5.41) is 9.14. The maximum absolute atomic E-state index is 11.2. The summed E-state index contributed by atoms with van der Waals surface area (Å²) in [6.07, 6.45) is 0.138. The van der Waals surface area contributed by atoms with E-state index in [0.29, 0.717) is 5.75 Å². The van der Waals surface area contributed by atoms with Gasteiger partial charge in [0.2, 0.25) is 0 Å². The molecule has 0 bridgehead atoms. The van der Waals surface area contributed by atoms with Crippen LogP contribution in [0.5, 0.6) is 5.75 Å². The second-order valence-corrected chi connectivity index (χ2v) is 13.3. The standard InChI is InChI=1S/C17H26O4Si/c1-11-10-12(14-17(4,21-14)22(5,6)7)8-9-13(11)20-16(2,3)15(18)19/h8-10,14H,1-7H3,(H,18,19). The van der Waals surface area contributed by atoms with Gasteiger partial charge in [0.05, 0.1) is 13.3 Å². The van der Waals surface area contributed by atoms with Crippen molar-refractivity contribution in [1.29, 1.82) is 0 Å². The lowest BCUT2D eigenvalue weighted by Crippen LogP contribution is -2.39. The van der Waals surface area contributed by atoms with E-state index in [1.165, 1.54) is 0 Å². The van der Waals surface area contributed by atoms with Crippen LogP contribution in [0.4, 0.5) is 0 Å². The summed E-state index contributed by atoms with van der Waals surface area (Å²) in [4.78, 5) is 11.2. The number of aryl methyl sites for hydroxylation is 1. The summed E-state index contributed by atoms with van der Waals surface area (Å²) < 4.78 is 11.7. The van der Waals surface area contributed by atoms with Crippen molar-refractivity contribution in [1.82, 2.24) is 0 Å². The molecule has 0 radical (unpaired) electrons. The molecule has 1 aromatic carbocycles. The molecule has 1 saturated heterocycles. The van der Waals surface area contributed by atoms with Crippen molar-refractivity contribution in [2.75, 3.05) is 0 Å². The number of aliphatic carboxylic acids is 1. The zero-order chi connectivity index (χ0) is 16.9. The first-order valence-electron chi connectivity index (χ1n) is 7.59. The Bertz CT molecular complexity index is 603. The summed E-state index contributed by atoms with van der Waals surface area (Å²) in [6, 6.07) is 5.88. The van der Waals surface area contributed by atoms with Crippen LogP contribution in [-0.2, 0) is 9.53 Å². The molecular formula is C17H26O4Si. The number of ether oxygens (including phenoxy) is 2. The van der Waals surface area contributed by atoms with E-state index in [4.69, 9.17) is 14.6 Å². The van der Waals surface area contributed by atoms with Crippen LogP contribution in [0.15, 0.2) is 18.2 Å². The summed E-state index contributed by atoms with van der Waals surface area (Å²) in [7, 11) is -1.41. The van der Waals surface area contributed by atoms with E-state index in [9.17, 15) is 4.79 Å². The highest BCUT2D eigenvalue weighted by molar-refractivity contribution is 6.79. The molecule has 0 amide bonds. The lowest BCUT2D eigenvalue weighted by Gasteiger charge is -2.23. The largest absolute Gasteiger partial charge is 0.478 e. The number of hydrogen-bond acceptors (Lipinski definition) is 3. The molecule has 1 aliphatic rings. The van der Waals surface area contributed by atoms with E-state index in [-0.39, 0.29) is 11.3 Å². The molecule has 0 aliphatic carbocycles. The van der Waals surface area contributed by atoms with Crippen LogP contribution in [0.1, 0.15) is 38.0 Å². The van der Waals surface area contributed by atoms with Crippen LogP contribution < -0.4 is 4.74 Å². The summed E-state index contributed by atoms with van der Waals surface area (Å²) in [5.74, 6) is -0.376. The predicted molar refractivity (Wildman–Crippen MR) is 89.1 cm³/mol. The molecule has 22 heavy (non-hydrogen) atoms. The minimum Gasteiger partial charge on any atom is -0.478 e. The predicted octanol–water partition coefficient (Wildman–Crippen LogP) is 3.94. The second kappa shape index (κ2) is 5.10. The number of carboxylic acid groups (broad SMARTS) is 1. The van der Waals surface area contributed by atoms with Gasteiger partial charge in [-0.3, -0.25) is 0 Å². The van der Waals surface area contributed by atoms with E-state index in [2.05, 4.69) is 26.6 Å². The molecule has 1 aromatic rings. The minimum absolute atomic E-state index is 0.0256. The van der Waals surface area contributed by atoms with Crippen LogP contribution in [0, 0.1) is 6.92 Å². The number of carbonyl (C=O) groups is 1. The van der Waals surface area contributed by atoms with Gasteiger partial charge in [-0.1, -0.05) is 25.7 Å². The van der Waals surface area contributed by atoms with Crippen molar-refractivity contribution >= 4 is 14.0 Å². The third-order valence-corrected chi connectivity index (χ3v) is 8.04. The van der Waals surface area contributed by atoms with Gasteiger partial charge in [-0.2, -0.15) is 0 Å². The molecule has 0 aromatic heterocycles. The first-order valence-corrected chi connectivity index (χ1v) is 11.1. The average Bonchev–Trinajstić information content (AvgIpc) is 3.05. The Labute approximate surface area is 133 Å². The Hall–Kier alpha value is -1.33. The van der Waals surface area contributed by atoms with Gasteiger partial charge in [0.15, 0.2) is 5.60 Å². The second-order valence-electron chi connectivity index (χ2n) is 7.80. The van der Waals surface area contributed by atoms with Crippen LogP contribution in [-0.4, -0.2) is 30.0 Å². The minimum atomic E-state index is -1.41. The Morgan fingerprint density at radius 3 is 2.36 bits per heavy atom. The van der Waals surface area contributed by atoms with E-state index in [0.717, 1.165) is 11.1 Å². The van der Waals surface area contributed by atoms with Gasteiger partial charge in [-0.05, 0) is 51.0 Å². The molecule has 122 valence electrons. The van der Waals surface area contributed by atoms with Gasteiger partial charge in [-0.15, -0.1) is 0 Å². The van der Waals surface area contributed by atoms with Crippen molar-refractivity contribution < 1.29 is 19.4 Å². The molecule has 2 unspecified atom stereocenters. The molecule has 0 saturated carbocycles. The van der Waals surface area contributed by atoms with E-state index in [1.54, 1.807) is 13.8 Å². The molecule has 1 N–H and O–H groups in total. The fourth-order valence-corrected chi connectivity index (χ4v) is 3.86. The Morgan fingerprint density at radius 2 is 1.95 bits per heavy atom. The molecule has 1 heterocycles. The maximum Gasteiger partial charge on any atom is 0.347 e. The van der Waals surface area contributed by atoms with Crippen molar-refractivity contribution in [3.05, 3.63) is 29.3 Å². The third kappa shape index (κ3) is 2.92. The number of carboxylic acids is 1. The molecule has 5 heteroatoms. The van der Waals surface area contributed by atoms with Gasteiger partial charge in [0.25, 0.3) is 0 Å². The quantitative estimate of drug-likeness (QED) is 0.659. The van der Waals surface area contributed by atoms with Gasteiger partial charge in [-0.25, -0.2) is 4.79 Å². The van der Waals surface area contributed by atoms with Crippen LogP contribution in [0.25, 0.3) is 0 Å². The molecule has 2 rings (SSSR count). The van der Waals surface area contributed by atoms with Crippen LogP contribution >= 0.6 is 0 Å². The monoisotopic (exact) mass is 322 g/mol. The summed E-state index contributed by atoms with van der Waals surface area (Å²) in [6.45, 7) is 14.2. The molecule has 1 aliphatic heterocycles. The number of rotatable bonds is 5. The highest BCUT2D eigenvalue weighted by atomic mass is 28.3. The SMILES string of the molecule is Cc1cc(C2OC2(C)[Si](C)(C)C)ccc1OC(C)(C)C(=O)O. The van der Waals surface area contributed by atoms with Crippen molar-refractivity contribution in [2.24, 2.45) is 0 Å². The Morgan fingerprint density at radius 1 is 1.36 bits per heavy atom. The number of benzene rings is 1. The number of epoxide rings is 1. The van der Waals surface area contributed by atoms with E-state index < -0.39 is 19.6 Å². The lowest BCUT2D eigenvalue weighted by atomic mass is 10.1. The first-order chi connectivity index (χ1) is 9.88. The Balaban J connectivity index is 2.21. The molecule has 4 nitrogen and oxygen atoms in total. The number of hydrogen-bond donors (Lipinski definition) is 1. The van der Waals surface area contributed by atoms with Crippen molar-refractivity contribution in [2.45, 2.75) is 64.3 Å². The van der Waals surface area contributed by atoms with E-state index in [1.807, 2.05) is 25.1 Å². The van der Waals surface area contributed by atoms with Crippen LogP contribution in [0.3, 0.4) is 0 Å². The smallest absolute Gasteiger partial charge is 0.347 e. The fraction of sp³-hybridized carbons (Fsp3) is 0.588. The summed E-state index contributed by atoms with van der Waals surface area (Å²) >= 11 is 0. The van der Waals surface area contributed by atoms with Gasteiger partial charge < -0.3 is 14.6 Å². The highest BCUT2D eigenvalue weighted by Crippen LogP contribution is 2.55. The molecule has 1 fully saturated rings. The lowest BCUT2D eigenvalue weighted by molar-refractivity contribution is -0.152. The third-order valence-electron chi connectivity index (χ3n) is 4.68. The van der Waals surface area contributed by atoms with E-state index >= 15 is 0 Å². The summed E-state index contributed by atoms with van der Waals surface area (Å²) in [5.41, 5.74) is 0.831. The molecular weight excluding hydrogens is 296 g/mol. The van der Waals surface area contributed by atoms with Crippen LogP contribution in [0.2, 0.25) is 19.6 Å². The highest BCUT2D eigenvalue weighted by Gasteiger charge is 2.61. The maximum atomic E-state index is 11.2. The van der Waals surface area contributed by atoms with Crippen molar-refractivity contribution in [3.8, 4) is 5.75 Å². The average molecular weight is 322 g/mol. The van der Waals surface area contributed by atoms with Gasteiger partial charge >= 0.3 is 5.97 Å². The zero-order valence-corrected chi connectivity index (χ0v) is 15.5. The first kappa shape index (κ1) is 17.0. The topological polar surface area (TPSA) is 59.1 Å². The fourth-order valence-electron chi connectivity index (χ4n) is 2.44. The molecule has 0 spiro atoms. The van der Waals surface area contributed by atoms with Gasteiger partial charge in [0, 0.05) is 0 Å². The normalized spacial score (nSPS) is 25.0. The Kier molecular flexibility index (Phi) is 3.95. The van der Waals surface area contributed by atoms with Gasteiger partial charge in [0.1, 0.15) is 11.9 Å². The molecule has 2 atom stereocenters. The zero-order valence-electron chi connectivity index (χ0n) is 14.5. The van der Waals surface area contributed by atoms with Crippen molar-refractivity contribution in [3.63, 3.8) is 0 Å².